The van der Waals surface area contributed by atoms with E-state index in [2.05, 4.69) is 10.4 Å². The zero-order valence-corrected chi connectivity index (χ0v) is 15.8. The summed E-state index contributed by atoms with van der Waals surface area (Å²) in [4.78, 5) is 12.0. The predicted molar refractivity (Wildman–Crippen MR) is 93.0 cm³/mol. The van der Waals surface area contributed by atoms with Crippen LogP contribution in [-0.2, 0) is 28.4 Å². The molecule has 0 unspecified atom stereocenters. The van der Waals surface area contributed by atoms with Crippen LogP contribution in [0, 0.1) is 0 Å². The summed E-state index contributed by atoms with van der Waals surface area (Å²) in [5, 5.41) is 6.83. The van der Waals surface area contributed by atoms with E-state index in [4.69, 9.17) is 0 Å². The highest BCUT2D eigenvalue weighted by Gasteiger charge is 2.26. The number of carbonyl (C=O) groups excluding carboxylic acids is 1. The normalized spacial score (nSPS) is 13.2. The number of carbonyl (C=O) groups is 1. The molecule has 24 heavy (non-hydrogen) atoms. The first kappa shape index (κ1) is 18.6. The highest BCUT2D eigenvalue weighted by Crippen LogP contribution is 2.29. The van der Waals surface area contributed by atoms with Crippen molar-refractivity contribution in [2.45, 2.75) is 37.6 Å². The van der Waals surface area contributed by atoms with Gasteiger partial charge in [0.15, 0.2) is 0 Å². The van der Waals surface area contributed by atoms with E-state index in [-0.39, 0.29) is 22.7 Å². The van der Waals surface area contributed by atoms with Crippen molar-refractivity contribution in [3.63, 3.8) is 0 Å². The average Bonchev–Trinajstić information content (AvgIpc) is 3.13. The number of aryl methyl sites for hydroxylation is 1. The van der Waals surface area contributed by atoms with E-state index in [9.17, 15) is 13.2 Å². The van der Waals surface area contributed by atoms with Crippen molar-refractivity contribution in [1.82, 2.24) is 19.4 Å². The van der Waals surface area contributed by atoms with Gasteiger partial charge in [0.2, 0.25) is 5.91 Å². The Kier molecular flexibility index (Phi) is 5.79. The number of nitrogens with one attached hydrogen (secondary N) is 1. The van der Waals surface area contributed by atoms with E-state index in [1.165, 1.54) is 22.6 Å². The fraction of sp³-hybridized carbons (Fsp3) is 0.467. The van der Waals surface area contributed by atoms with Crippen molar-refractivity contribution in [1.29, 1.82) is 0 Å². The molecule has 132 valence electrons. The Morgan fingerprint density at radius 1 is 1.46 bits per heavy atom. The monoisotopic (exact) mass is 370 g/mol. The van der Waals surface area contributed by atoms with E-state index in [1.54, 1.807) is 36.3 Å². The molecule has 0 saturated carbocycles. The van der Waals surface area contributed by atoms with Crippen molar-refractivity contribution < 1.29 is 13.2 Å². The summed E-state index contributed by atoms with van der Waals surface area (Å²) in [6.07, 6.45) is 3.47. The Morgan fingerprint density at radius 2 is 2.17 bits per heavy atom. The fourth-order valence-corrected chi connectivity index (χ4v) is 5.25. The summed E-state index contributed by atoms with van der Waals surface area (Å²) < 4.78 is 29.1. The molecule has 2 heterocycles. The van der Waals surface area contributed by atoms with Crippen LogP contribution in [0.5, 0.6) is 0 Å². The Hall–Kier alpha value is -1.71. The molecular weight excluding hydrogens is 348 g/mol. The smallest absolute Gasteiger partial charge is 0.252 e. The zero-order chi connectivity index (χ0) is 17.9. The third kappa shape index (κ3) is 4.22. The van der Waals surface area contributed by atoms with Crippen LogP contribution in [0.1, 0.15) is 37.3 Å². The number of sulfonamides is 1. The topological polar surface area (TPSA) is 84.3 Å². The van der Waals surface area contributed by atoms with Crippen LogP contribution >= 0.6 is 11.3 Å². The molecule has 0 fully saturated rings. The van der Waals surface area contributed by atoms with Gasteiger partial charge in [-0.25, -0.2) is 8.42 Å². The molecule has 0 aliphatic rings. The molecule has 2 aromatic rings. The highest BCUT2D eigenvalue weighted by molar-refractivity contribution is 7.91. The minimum Gasteiger partial charge on any atom is -0.349 e. The van der Waals surface area contributed by atoms with Crippen LogP contribution in [0.15, 0.2) is 28.7 Å². The minimum absolute atomic E-state index is 0.146. The van der Waals surface area contributed by atoms with Crippen molar-refractivity contribution in [3.8, 4) is 0 Å². The summed E-state index contributed by atoms with van der Waals surface area (Å²) >= 11 is 1.18. The number of amides is 1. The van der Waals surface area contributed by atoms with Crippen LogP contribution in [0.3, 0.4) is 0 Å². The second-order valence-electron chi connectivity index (χ2n) is 5.53. The molecule has 1 N–H and O–H groups in total. The first-order valence-electron chi connectivity index (χ1n) is 7.58. The van der Waals surface area contributed by atoms with Crippen LogP contribution in [0.4, 0.5) is 0 Å². The van der Waals surface area contributed by atoms with Crippen LogP contribution in [0.25, 0.3) is 0 Å². The van der Waals surface area contributed by atoms with Crippen molar-refractivity contribution >= 4 is 27.3 Å². The Labute approximate surface area is 146 Å². The quantitative estimate of drug-likeness (QED) is 0.807. The zero-order valence-electron chi connectivity index (χ0n) is 14.2. The van der Waals surface area contributed by atoms with E-state index >= 15 is 0 Å². The van der Waals surface area contributed by atoms with Crippen LogP contribution in [0.2, 0.25) is 0 Å². The van der Waals surface area contributed by atoms with Gasteiger partial charge in [0.1, 0.15) is 4.21 Å². The number of hydrogen-bond donors (Lipinski definition) is 1. The summed E-state index contributed by atoms with van der Waals surface area (Å²) in [7, 11) is -1.78. The van der Waals surface area contributed by atoms with E-state index in [0.717, 1.165) is 10.4 Å². The fourth-order valence-electron chi connectivity index (χ4n) is 2.33. The molecule has 0 aromatic carbocycles. The third-order valence-electron chi connectivity index (χ3n) is 3.51. The van der Waals surface area contributed by atoms with E-state index in [0.29, 0.717) is 6.54 Å². The van der Waals surface area contributed by atoms with Crippen molar-refractivity contribution in [3.05, 3.63) is 35.0 Å². The first-order chi connectivity index (χ1) is 11.2. The van der Waals surface area contributed by atoms with Gasteiger partial charge in [-0.15, -0.1) is 11.3 Å². The first-order valence-corrected chi connectivity index (χ1v) is 9.84. The second kappa shape index (κ2) is 7.45. The van der Waals surface area contributed by atoms with Gasteiger partial charge in [-0.2, -0.15) is 9.40 Å². The number of hydrogen-bond acceptors (Lipinski definition) is 5. The maximum absolute atomic E-state index is 12.9. The molecule has 0 bridgehead atoms. The van der Waals surface area contributed by atoms with Gasteiger partial charge in [-0.05, 0) is 19.1 Å². The molecule has 2 aromatic heterocycles. The van der Waals surface area contributed by atoms with Crippen molar-refractivity contribution in [2.24, 2.45) is 7.05 Å². The molecule has 0 spiro atoms. The lowest BCUT2D eigenvalue weighted by Crippen LogP contribution is -2.29. The van der Waals surface area contributed by atoms with Gasteiger partial charge in [0.25, 0.3) is 10.0 Å². The van der Waals surface area contributed by atoms with Crippen LogP contribution in [-0.4, -0.2) is 35.0 Å². The number of rotatable bonds is 7. The molecular formula is C15H22N4O3S2. The SMILES string of the molecule is CCN(Cc1cnn(C)c1)S(=O)(=O)c1ccc([C@@H](C)NC(C)=O)s1. The molecule has 1 atom stereocenters. The van der Waals surface area contributed by atoms with Gasteiger partial charge in [-0.1, -0.05) is 6.92 Å². The number of thiophene rings is 1. The summed E-state index contributed by atoms with van der Waals surface area (Å²) in [6, 6.07) is 3.13. The summed E-state index contributed by atoms with van der Waals surface area (Å²) in [5.74, 6) is -0.146. The maximum Gasteiger partial charge on any atom is 0.252 e. The molecule has 0 saturated heterocycles. The standard InChI is InChI=1S/C15H22N4O3S2/c1-5-19(10-13-8-16-18(4)9-13)24(21,22)15-7-6-14(23-15)11(2)17-12(3)20/h6-9,11H,5,10H2,1-4H3,(H,17,20)/t11-/m1/s1. The van der Waals surface area contributed by atoms with Gasteiger partial charge >= 0.3 is 0 Å². The van der Waals surface area contributed by atoms with Crippen LogP contribution < -0.4 is 5.32 Å². The molecule has 0 radical (unpaired) electrons. The molecule has 2 rings (SSSR count). The molecule has 1 amide bonds. The lowest BCUT2D eigenvalue weighted by molar-refractivity contribution is -0.119. The van der Waals surface area contributed by atoms with E-state index < -0.39 is 10.0 Å². The van der Waals surface area contributed by atoms with Gasteiger partial charge < -0.3 is 5.32 Å². The summed E-state index contributed by atoms with van der Waals surface area (Å²) in [6.45, 7) is 5.72. The molecule has 9 heteroatoms. The molecule has 0 aliphatic heterocycles. The molecule has 7 nitrogen and oxygen atoms in total. The minimum atomic E-state index is -3.58. The second-order valence-corrected chi connectivity index (χ2v) is 8.81. The Morgan fingerprint density at radius 3 is 2.71 bits per heavy atom. The largest absolute Gasteiger partial charge is 0.349 e. The summed E-state index contributed by atoms with van der Waals surface area (Å²) in [5.41, 5.74) is 0.839. The number of nitrogens with zero attached hydrogens (tertiary/aromatic N) is 3. The number of aromatic nitrogens is 2. The Balaban J connectivity index is 2.21. The van der Waals surface area contributed by atoms with Crippen molar-refractivity contribution in [2.75, 3.05) is 6.54 Å². The van der Waals surface area contributed by atoms with Gasteiger partial charge in [0, 0.05) is 43.7 Å². The lowest BCUT2D eigenvalue weighted by atomic mass is 10.3. The highest BCUT2D eigenvalue weighted by atomic mass is 32.2. The maximum atomic E-state index is 12.9. The van der Waals surface area contributed by atoms with Gasteiger partial charge in [0.05, 0.1) is 12.2 Å². The Bertz CT molecular complexity index is 810. The van der Waals surface area contributed by atoms with E-state index in [1.807, 2.05) is 13.8 Å². The van der Waals surface area contributed by atoms with Gasteiger partial charge in [-0.3, -0.25) is 9.48 Å². The lowest BCUT2D eigenvalue weighted by Gasteiger charge is -2.18. The predicted octanol–water partition coefficient (Wildman–Crippen LogP) is 1.89. The third-order valence-corrected chi connectivity index (χ3v) is 7.17. The molecule has 0 aliphatic carbocycles. The average molecular weight is 371 g/mol.